The number of thioether (sulfide) groups is 1. The number of nitrogens with one attached hydrogen (secondary N) is 1. The number of benzene rings is 1. The third-order valence-corrected chi connectivity index (χ3v) is 3.69. The Balaban J connectivity index is 2.34. The summed E-state index contributed by atoms with van der Waals surface area (Å²) in [5.74, 6) is 0.732. The maximum Gasteiger partial charge on any atom is 0.0191 e. The minimum Gasteiger partial charge on any atom is -0.315 e. The van der Waals surface area contributed by atoms with Gasteiger partial charge in [-0.25, -0.2) is 0 Å². The summed E-state index contributed by atoms with van der Waals surface area (Å²) in [7, 11) is 0. The molecule has 0 fully saturated rings. The normalized spacial score (nSPS) is 13.1. The first-order valence-electron chi connectivity index (χ1n) is 6.02. The van der Waals surface area contributed by atoms with Crippen molar-refractivity contribution in [2.24, 2.45) is 5.92 Å². The second-order valence-corrected chi connectivity index (χ2v) is 6.23. The fraction of sp³-hybridized carbons (Fsp3) is 0.571. The minimum atomic E-state index is 0.625. The summed E-state index contributed by atoms with van der Waals surface area (Å²) < 4.78 is 0. The Hall–Kier alpha value is -0.470. The number of rotatable bonds is 6. The van der Waals surface area contributed by atoms with Gasteiger partial charge in [-0.05, 0) is 31.0 Å². The van der Waals surface area contributed by atoms with Gasteiger partial charge in [0, 0.05) is 16.7 Å². The van der Waals surface area contributed by atoms with Crippen LogP contribution >= 0.6 is 11.8 Å². The van der Waals surface area contributed by atoms with Crippen molar-refractivity contribution in [3.8, 4) is 0 Å². The number of hydrogen-bond donors (Lipinski definition) is 1. The highest BCUT2D eigenvalue weighted by atomic mass is 32.2. The topological polar surface area (TPSA) is 12.0 Å². The van der Waals surface area contributed by atoms with Gasteiger partial charge in [-0.3, -0.25) is 0 Å². The van der Waals surface area contributed by atoms with Crippen LogP contribution < -0.4 is 5.32 Å². The molecule has 2 heteroatoms. The highest BCUT2D eigenvalue weighted by Gasteiger charge is 2.06. The largest absolute Gasteiger partial charge is 0.315 e. The first-order valence-corrected chi connectivity index (χ1v) is 6.90. The van der Waals surface area contributed by atoms with Crippen molar-refractivity contribution in [1.29, 1.82) is 0 Å². The zero-order valence-corrected chi connectivity index (χ0v) is 11.6. The molecule has 0 saturated heterocycles. The van der Waals surface area contributed by atoms with E-state index in [0.29, 0.717) is 5.25 Å². The van der Waals surface area contributed by atoms with Gasteiger partial charge in [-0.1, -0.05) is 39.0 Å². The van der Waals surface area contributed by atoms with Crippen molar-refractivity contribution in [2.75, 3.05) is 13.1 Å². The van der Waals surface area contributed by atoms with Crippen molar-refractivity contribution in [3.63, 3.8) is 0 Å². The lowest BCUT2D eigenvalue weighted by Gasteiger charge is -2.14. The monoisotopic (exact) mass is 237 g/mol. The summed E-state index contributed by atoms with van der Waals surface area (Å²) in [5.41, 5.74) is 1.38. The molecule has 90 valence electrons. The van der Waals surface area contributed by atoms with E-state index in [0.717, 1.165) is 19.0 Å². The molecule has 1 aromatic carbocycles. The zero-order valence-electron chi connectivity index (χ0n) is 10.8. The van der Waals surface area contributed by atoms with E-state index < -0.39 is 0 Å². The van der Waals surface area contributed by atoms with Crippen LogP contribution in [0.15, 0.2) is 29.2 Å². The van der Waals surface area contributed by atoms with Crippen LogP contribution in [0, 0.1) is 12.8 Å². The van der Waals surface area contributed by atoms with Gasteiger partial charge in [0.1, 0.15) is 0 Å². The second kappa shape index (κ2) is 6.97. The Kier molecular flexibility index (Phi) is 5.93. The quantitative estimate of drug-likeness (QED) is 0.757. The van der Waals surface area contributed by atoms with Crippen molar-refractivity contribution in [3.05, 3.63) is 29.8 Å². The molecule has 1 rings (SSSR count). The van der Waals surface area contributed by atoms with Crippen LogP contribution in [0.1, 0.15) is 26.3 Å². The average Bonchev–Trinajstić information content (AvgIpc) is 2.21. The van der Waals surface area contributed by atoms with Gasteiger partial charge in [0.15, 0.2) is 0 Å². The van der Waals surface area contributed by atoms with Gasteiger partial charge in [0.05, 0.1) is 0 Å². The average molecular weight is 237 g/mol. The van der Waals surface area contributed by atoms with E-state index in [1.807, 2.05) is 11.8 Å². The van der Waals surface area contributed by atoms with E-state index in [2.05, 4.69) is 57.3 Å². The van der Waals surface area contributed by atoms with E-state index in [1.54, 1.807) is 0 Å². The summed E-state index contributed by atoms with van der Waals surface area (Å²) in [6.07, 6.45) is 0. The molecule has 1 atom stereocenters. The van der Waals surface area contributed by atoms with Crippen molar-refractivity contribution in [1.82, 2.24) is 5.32 Å². The molecule has 0 radical (unpaired) electrons. The van der Waals surface area contributed by atoms with E-state index >= 15 is 0 Å². The molecule has 0 bridgehead atoms. The number of aryl methyl sites for hydroxylation is 1. The molecule has 0 saturated carbocycles. The van der Waals surface area contributed by atoms with Crippen LogP contribution in [0.4, 0.5) is 0 Å². The van der Waals surface area contributed by atoms with E-state index in [4.69, 9.17) is 0 Å². The summed E-state index contributed by atoms with van der Waals surface area (Å²) in [6, 6.07) is 8.60. The molecule has 0 amide bonds. The molecular weight excluding hydrogens is 214 g/mol. The summed E-state index contributed by atoms with van der Waals surface area (Å²) in [4.78, 5) is 1.40. The fourth-order valence-corrected chi connectivity index (χ4v) is 2.57. The van der Waals surface area contributed by atoms with Gasteiger partial charge in [-0.15, -0.1) is 11.8 Å². The molecule has 1 aromatic rings. The molecule has 1 N–H and O–H groups in total. The van der Waals surface area contributed by atoms with Crippen LogP contribution in [0.3, 0.4) is 0 Å². The molecule has 1 nitrogen and oxygen atoms in total. The zero-order chi connectivity index (χ0) is 12.0. The Morgan fingerprint density at radius 1 is 1.12 bits per heavy atom. The third kappa shape index (κ3) is 5.04. The highest BCUT2D eigenvalue weighted by molar-refractivity contribution is 8.00. The third-order valence-electron chi connectivity index (χ3n) is 2.41. The molecule has 16 heavy (non-hydrogen) atoms. The smallest absolute Gasteiger partial charge is 0.0191 e. The molecule has 0 aliphatic heterocycles. The lowest BCUT2D eigenvalue weighted by atomic mass is 10.2. The van der Waals surface area contributed by atoms with Crippen LogP contribution in [-0.2, 0) is 0 Å². The molecule has 0 heterocycles. The van der Waals surface area contributed by atoms with Gasteiger partial charge in [0.25, 0.3) is 0 Å². The first-order chi connectivity index (χ1) is 7.59. The Labute approximate surface area is 104 Å². The predicted molar refractivity (Wildman–Crippen MR) is 74.2 cm³/mol. The Morgan fingerprint density at radius 2 is 1.81 bits per heavy atom. The summed E-state index contributed by atoms with van der Waals surface area (Å²) >= 11 is 1.96. The molecule has 1 unspecified atom stereocenters. The van der Waals surface area contributed by atoms with Crippen molar-refractivity contribution >= 4 is 11.8 Å². The Morgan fingerprint density at radius 3 is 2.44 bits per heavy atom. The molecule has 0 aromatic heterocycles. The van der Waals surface area contributed by atoms with Crippen LogP contribution in [0.25, 0.3) is 0 Å². The van der Waals surface area contributed by atoms with Gasteiger partial charge in [0.2, 0.25) is 0 Å². The van der Waals surface area contributed by atoms with Crippen LogP contribution in [0.2, 0.25) is 0 Å². The summed E-state index contributed by atoms with van der Waals surface area (Å²) in [6.45, 7) is 11.1. The maximum absolute atomic E-state index is 3.50. The van der Waals surface area contributed by atoms with Gasteiger partial charge in [-0.2, -0.15) is 0 Å². The molecular formula is C14H23NS. The fourth-order valence-electron chi connectivity index (χ4n) is 1.52. The van der Waals surface area contributed by atoms with E-state index in [-0.39, 0.29) is 0 Å². The van der Waals surface area contributed by atoms with Crippen molar-refractivity contribution in [2.45, 2.75) is 37.8 Å². The SMILES string of the molecule is Cc1ccccc1SC(C)CNCC(C)C. The van der Waals surface area contributed by atoms with Gasteiger partial charge >= 0.3 is 0 Å². The second-order valence-electron chi connectivity index (χ2n) is 4.75. The lowest BCUT2D eigenvalue weighted by molar-refractivity contribution is 0.554. The van der Waals surface area contributed by atoms with Crippen molar-refractivity contribution < 1.29 is 0 Å². The van der Waals surface area contributed by atoms with E-state index in [1.165, 1.54) is 10.5 Å². The van der Waals surface area contributed by atoms with Crippen LogP contribution in [-0.4, -0.2) is 18.3 Å². The van der Waals surface area contributed by atoms with Crippen LogP contribution in [0.5, 0.6) is 0 Å². The molecule has 0 aliphatic rings. The standard InChI is InChI=1S/C14H23NS/c1-11(2)9-15-10-13(4)16-14-8-6-5-7-12(14)3/h5-8,11,13,15H,9-10H2,1-4H3. The minimum absolute atomic E-state index is 0.625. The lowest BCUT2D eigenvalue weighted by Crippen LogP contribution is -2.26. The number of hydrogen-bond acceptors (Lipinski definition) is 2. The highest BCUT2D eigenvalue weighted by Crippen LogP contribution is 2.25. The maximum atomic E-state index is 3.50. The predicted octanol–water partition coefficient (Wildman–Crippen LogP) is 3.72. The summed E-state index contributed by atoms with van der Waals surface area (Å²) in [5, 5.41) is 4.13. The Bertz CT molecular complexity index is 309. The molecule has 0 spiro atoms. The molecule has 0 aliphatic carbocycles. The first kappa shape index (κ1) is 13.6. The van der Waals surface area contributed by atoms with Gasteiger partial charge < -0.3 is 5.32 Å². The van der Waals surface area contributed by atoms with E-state index in [9.17, 15) is 0 Å².